The highest BCUT2D eigenvalue weighted by molar-refractivity contribution is 5.41. The van der Waals surface area contributed by atoms with Crippen molar-refractivity contribution in [2.45, 2.75) is 13.1 Å². The number of pyridine rings is 1. The Kier molecular flexibility index (Phi) is 5.21. The van der Waals surface area contributed by atoms with Gasteiger partial charge in [-0.05, 0) is 13.0 Å². The minimum Gasteiger partial charge on any atom is -0.478 e. The maximum atomic E-state index is 12.4. The molecule has 0 saturated heterocycles. The van der Waals surface area contributed by atoms with Gasteiger partial charge in [0.2, 0.25) is 5.88 Å². The fourth-order valence-corrected chi connectivity index (χ4v) is 1.46. The molecule has 2 N–H and O–H groups in total. The van der Waals surface area contributed by atoms with Crippen molar-refractivity contribution in [1.82, 2.24) is 4.98 Å². The lowest BCUT2D eigenvalue weighted by Crippen LogP contribution is -2.38. The van der Waals surface area contributed by atoms with Crippen LogP contribution in [0.3, 0.4) is 0 Å². The van der Waals surface area contributed by atoms with E-state index in [0.717, 1.165) is 4.90 Å². The van der Waals surface area contributed by atoms with Crippen molar-refractivity contribution < 1.29 is 17.9 Å². The summed E-state index contributed by atoms with van der Waals surface area (Å²) in [7, 11) is 0. The average molecular weight is 263 g/mol. The summed E-state index contributed by atoms with van der Waals surface area (Å²) in [4.78, 5) is 5.10. The Bertz CT molecular complexity index is 371. The summed E-state index contributed by atoms with van der Waals surface area (Å²) in [5.74, 6) is 0.517. The second-order valence-electron chi connectivity index (χ2n) is 3.59. The van der Waals surface area contributed by atoms with Crippen LogP contribution in [0.25, 0.3) is 0 Å². The number of alkyl halides is 3. The van der Waals surface area contributed by atoms with Gasteiger partial charge in [-0.2, -0.15) is 18.2 Å². The van der Waals surface area contributed by atoms with Gasteiger partial charge in [-0.3, -0.25) is 0 Å². The van der Waals surface area contributed by atoms with Crippen molar-refractivity contribution in [3.8, 4) is 5.88 Å². The summed E-state index contributed by atoms with van der Waals surface area (Å²) in [5.41, 5.74) is 5.31. The topological polar surface area (TPSA) is 51.4 Å². The zero-order valence-corrected chi connectivity index (χ0v) is 10.1. The Morgan fingerprint density at radius 2 is 2.11 bits per heavy atom. The molecule has 0 radical (unpaired) electrons. The Labute approximate surface area is 104 Å². The molecule has 18 heavy (non-hydrogen) atoms. The van der Waals surface area contributed by atoms with E-state index in [4.69, 9.17) is 10.5 Å². The molecule has 0 saturated carbocycles. The van der Waals surface area contributed by atoms with E-state index in [2.05, 4.69) is 4.98 Å². The van der Waals surface area contributed by atoms with Gasteiger partial charge >= 0.3 is 6.18 Å². The zero-order chi connectivity index (χ0) is 13.6. The van der Waals surface area contributed by atoms with Crippen molar-refractivity contribution in [2.75, 3.05) is 31.1 Å². The van der Waals surface area contributed by atoms with E-state index >= 15 is 0 Å². The van der Waals surface area contributed by atoms with Crippen LogP contribution in [0, 0.1) is 0 Å². The number of rotatable bonds is 6. The molecule has 1 aromatic heterocycles. The molecule has 0 aliphatic heterocycles. The molecule has 1 aromatic rings. The lowest BCUT2D eigenvalue weighted by molar-refractivity contribution is -0.119. The van der Waals surface area contributed by atoms with E-state index in [9.17, 15) is 13.2 Å². The molecule has 1 heterocycles. The third kappa shape index (κ3) is 4.79. The Morgan fingerprint density at radius 1 is 1.39 bits per heavy atom. The molecule has 0 atom stereocenters. The number of ether oxygens (including phenoxy) is 1. The first-order valence-electron chi connectivity index (χ1n) is 5.58. The van der Waals surface area contributed by atoms with Crippen LogP contribution in [0.2, 0.25) is 0 Å². The number of nitrogens with two attached hydrogens (primary N) is 1. The quantitative estimate of drug-likeness (QED) is 0.850. The lowest BCUT2D eigenvalue weighted by Gasteiger charge is -2.24. The molecule has 0 aliphatic rings. The maximum absolute atomic E-state index is 12.4. The number of anilines is 1. The molecule has 0 amide bonds. The van der Waals surface area contributed by atoms with Gasteiger partial charge in [0.1, 0.15) is 12.4 Å². The highest BCUT2D eigenvalue weighted by Crippen LogP contribution is 2.22. The van der Waals surface area contributed by atoms with Gasteiger partial charge in [0.15, 0.2) is 0 Å². The molecular formula is C11H16F3N3O. The van der Waals surface area contributed by atoms with Gasteiger partial charge in [-0.1, -0.05) is 6.07 Å². The first-order chi connectivity index (χ1) is 8.46. The first-order valence-corrected chi connectivity index (χ1v) is 5.58. The first kappa shape index (κ1) is 14.6. The average Bonchev–Trinajstić information content (AvgIpc) is 2.28. The Morgan fingerprint density at radius 3 is 2.67 bits per heavy atom. The van der Waals surface area contributed by atoms with Crippen molar-refractivity contribution >= 4 is 5.82 Å². The molecule has 1 rings (SSSR count). The van der Waals surface area contributed by atoms with Crippen LogP contribution < -0.4 is 15.4 Å². The Balaban J connectivity index is 2.87. The number of aromatic nitrogens is 1. The van der Waals surface area contributed by atoms with Gasteiger partial charge in [0.25, 0.3) is 0 Å². The SMILES string of the molecule is CCOc1cccc(N(CCN)CC(F)(F)F)n1. The molecular weight excluding hydrogens is 247 g/mol. The van der Waals surface area contributed by atoms with E-state index in [0.29, 0.717) is 12.5 Å². The number of halogens is 3. The molecule has 7 heteroatoms. The molecule has 0 unspecified atom stereocenters. The van der Waals surface area contributed by atoms with Crippen molar-refractivity contribution in [2.24, 2.45) is 5.73 Å². The number of hydrogen-bond acceptors (Lipinski definition) is 4. The summed E-state index contributed by atoms with van der Waals surface area (Å²) in [5, 5.41) is 0. The van der Waals surface area contributed by atoms with E-state index in [1.54, 1.807) is 19.1 Å². The van der Waals surface area contributed by atoms with Crippen LogP contribution in [0.15, 0.2) is 18.2 Å². The van der Waals surface area contributed by atoms with E-state index in [1.807, 2.05) is 0 Å². The third-order valence-electron chi connectivity index (χ3n) is 2.09. The van der Waals surface area contributed by atoms with Gasteiger partial charge in [0, 0.05) is 19.2 Å². The van der Waals surface area contributed by atoms with E-state index in [1.165, 1.54) is 6.07 Å². The Hall–Kier alpha value is -1.50. The number of hydrogen-bond donors (Lipinski definition) is 1. The molecule has 102 valence electrons. The lowest BCUT2D eigenvalue weighted by atomic mass is 10.4. The molecule has 0 spiro atoms. The smallest absolute Gasteiger partial charge is 0.405 e. The van der Waals surface area contributed by atoms with Crippen molar-refractivity contribution in [3.05, 3.63) is 18.2 Å². The molecule has 0 bridgehead atoms. The van der Waals surface area contributed by atoms with Gasteiger partial charge in [-0.15, -0.1) is 0 Å². The second kappa shape index (κ2) is 6.44. The normalized spacial score (nSPS) is 11.4. The highest BCUT2D eigenvalue weighted by Gasteiger charge is 2.31. The summed E-state index contributed by atoms with van der Waals surface area (Å²) in [6.07, 6.45) is -4.29. The summed E-state index contributed by atoms with van der Waals surface area (Å²) in [6, 6.07) is 4.71. The molecule has 4 nitrogen and oxygen atoms in total. The molecule has 0 aliphatic carbocycles. The largest absolute Gasteiger partial charge is 0.478 e. The predicted molar refractivity (Wildman–Crippen MR) is 62.7 cm³/mol. The second-order valence-corrected chi connectivity index (χ2v) is 3.59. The van der Waals surface area contributed by atoms with Crippen LogP contribution >= 0.6 is 0 Å². The number of nitrogens with zero attached hydrogens (tertiary/aromatic N) is 2. The fourth-order valence-electron chi connectivity index (χ4n) is 1.46. The maximum Gasteiger partial charge on any atom is 0.405 e. The third-order valence-corrected chi connectivity index (χ3v) is 2.09. The fraction of sp³-hybridized carbons (Fsp3) is 0.545. The van der Waals surface area contributed by atoms with Crippen molar-refractivity contribution in [1.29, 1.82) is 0 Å². The minimum atomic E-state index is -4.29. The van der Waals surface area contributed by atoms with Crippen LogP contribution in [0.5, 0.6) is 5.88 Å². The minimum absolute atomic E-state index is 0.0854. The van der Waals surface area contributed by atoms with E-state index < -0.39 is 12.7 Å². The predicted octanol–water partition coefficient (Wildman–Crippen LogP) is 1.81. The summed E-state index contributed by atoms with van der Waals surface area (Å²) >= 11 is 0. The van der Waals surface area contributed by atoms with Crippen molar-refractivity contribution in [3.63, 3.8) is 0 Å². The van der Waals surface area contributed by atoms with Crippen LogP contribution in [0.4, 0.5) is 19.0 Å². The summed E-state index contributed by atoms with van der Waals surface area (Å²) in [6.45, 7) is 1.32. The monoisotopic (exact) mass is 263 g/mol. The summed E-state index contributed by atoms with van der Waals surface area (Å²) < 4.78 is 42.4. The van der Waals surface area contributed by atoms with Crippen LogP contribution in [0.1, 0.15) is 6.92 Å². The standard InChI is InChI=1S/C11H16F3N3O/c1-2-18-10-5-3-4-9(16-10)17(7-6-15)8-11(12,13)14/h3-5H,2,6-8,15H2,1H3. The van der Waals surface area contributed by atoms with Gasteiger partial charge < -0.3 is 15.4 Å². The highest BCUT2D eigenvalue weighted by atomic mass is 19.4. The zero-order valence-electron chi connectivity index (χ0n) is 10.1. The molecule has 0 fully saturated rings. The van der Waals surface area contributed by atoms with Gasteiger partial charge in [-0.25, -0.2) is 0 Å². The molecule has 0 aromatic carbocycles. The van der Waals surface area contributed by atoms with Gasteiger partial charge in [0.05, 0.1) is 6.61 Å². The van der Waals surface area contributed by atoms with Crippen LogP contribution in [-0.4, -0.2) is 37.4 Å². The van der Waals surface area contributed by atoms with E-state index in [-0.39, 0.29) is 18.9 Å². The van der Waals surface area contributed by atoms with Crippen LogP contribution in [-0.2, 0) is 0 Å².